The normalized spacial score (nSPS) is 9.89. The number of para-hydroxylation sites is 1. The summed E-state index contributed by atoms with van der Waals surface area (Å²) in [5.41, 5.74) is 0.812. The van der Waals surface area contributed by atoms with E-state index in [-0.39, 0.29) is 5.91 Å². The lowest BCUT2D eigenvalue weighted by Gasteiger charge is -2.09. The van der Waals surface area contributed by atoms with Crippen LogP contribution in [0.25, 0.3) is 0 Å². The Labute approximate surface area is 106 Å². The Morgan fingerprint density at radius 2 is 1.94 bits per heavy atom. The van der Waals surface area contributed by atoms with Crippen LogP contribution in [0.2, 0.25) is 0 Å². The highest BCUT2D eigenvalue weighted by Crippen LogP contribution is 2.16. The molecule has 98 valence electrons. The largest absolute Gasteiger partial charge is 0.465 e. The van der Waals surface area contributed by atoms with Crippen molar-refractivity contribution in [3.63, 3.8) is 0 Å². The van der Waals surface area contributed by atoms with E-state index >= 15 is 0 Å². The molecule has 18 heavy (non-hydrogen) atoms. The zero-order chi connectivity index (χ0) is 13.4. The molecular weight excluding hydrogens is 234 g/mol. The van der Waals surface area contributed by atoms with Crippen LogP contribution in [0.5, 0.6) is 0 Å². The van der Waals surface area contributed by atoms with E-state index < -0.39 is 5.97 Å². The Bertz CT molecular complexity index is 417. The Kier molecular flexibility index (Phi) is 5.87. The first-order valence-electron chi connectivity index (χ1n) is 5.65. The summed E-state index contributed by atoms with van der Waals surface area (Å²) < 4.78 is 9.51. The maximum Gasteiger partial charge on any atom is 0.339 e. The molecule has 0 heterocycles. The molecule has 1 aromatic rings. The number of hydrogen-bond acceptors (Lipinski definition) is 4. The average Bonchev–Trinajstić information content (AvgIpc) is 2.39. The molecule has 0 spiro atoms. The Morgan fingerprint density at radius 1 is 1.22 bits per heavy atom. The number of esters is 1. The van der Waals surface area contributed by atoms with Gasteiger partial charge < -0.3 is 14.8 Å². The van der Waals surface area contributed by atoms with Gasteiger partial charge in [0.2, 0.25) is 5.91 Å². The van der Waals surface area contributed by atoms with Gasteiger partial charge >= 0.3 is 5.97 Å². The molecule has 0 aliphatic rings. The van der Waals surface area contributed by atoms with Crippen molar-refractivity contribution in [1.82, 2.24) is 0 Å². The highest BCUT2D eigenvalue weighted by molar-refractivity contribution is 6.01. The number of anilines is 1. The number of hydrogen-bond donors (Lipinski definition) is 1. The highest BCUT2D eigenvalue weighted by atomic mass is 16.5. The first-order chi connectivity index (χ1) is 8.69. The monoisotopic (exact) mass is 251 g/mol. The smallest absolute Gasteiger partial charge is 0.339 e. The van der Waals surface area contributed by atoms with E-state index in [0.29, 0.717) is 30.7 Å². The molecule has 0 unspecified atom stereocenters. The summed E-state index contributed by atoms with van der Waals surface area (Å²) in [5, 5.41) is 2.69. The third kappa shape index (κ3) is 4.18. The van der Waals surface area contributed by atoms with Gasteiger partial charge in [0.15, 0.2) is 0 Å². The maximum absolute atomic E-state index is 11.6. The molecule has 1 amide bonds. The molecular formula is C13H17NO4. The van der Waals surface area contributed by atoms with E-state index in [2.05, 4.69) is 10.1 Å². The second-order valence-corrected chi connectivity index (χ2v) is 3.68. The van der Waals surface area contributed by atoms with Gasteiger partial charge in [-0.3, -0.25) is 4.79 Å². The van der Waals surface area contributed by atoms with Gasteiger partial charge in [-0.25, -0.2) is 4.79 Å². The lowest BCUT2D eigenvalue weighted by Crippen LogP contribution is -2.15. The third-order valence-electron chi connectivity index (χ3n) is 2.36. The SMILES string of the molecule is COCCCC(=O)Nc1ccccc1C(=O)OC. The first-order valence-corrected chi connectivity index (χ1v) is 5.65. The Balaban J connectivity index is 2.66. The number of amides is 1. The van der Waals surface area contributed by atoms with Gasteiger partial charge in [-0.05, 0) is 18.6 Å². The van der Waals surface area contributed by atoms with Crippen molar-refractivity contribution < 1.29 is 19.1 Å². The molecule has 0 radical (unpaired) electrons. The summed E-state index contributed by atoms with van der Waals surface area (Å²) in [6.45, 7) is 0.534. The molecule has 0 bridgehead atoms. The van der Waals surface area contributed by atoms with Crippen LogP contribution in [0, 0.1) is 0 Å². The van der Waals surface area contributed by atoms with Crippen LogP contribution in [-0.4, -0.2) is 32.7 Å². The summed E-state index contributed by atoms with van der Waals surface area (Å²) in [7, 11) is 2.89. The number of ether oxygens (including phenoxy) is 2. The number of methoxy groups -OCH3 is 2. The summed E-state index contributed by atoms with van der Waals surface area (Å²) in [5.74, 6) is -0.619. The van der Waals surface area contributed by atoms with E-state index in [9.17, 15) is 9.59 Å². The van der Waals surface area contributed by atoms with Crippen molar-refractivity contribution in [2.24, 2.45) is 0 Å². The van der Waals surface area contributed by atoms with Crippen LogP contribution in [0.4, 0.5) is 5.69 Å². The lowest BCUT2D eigenvalue weighted by atomic mass is 10.1. The highest BCUT2D eigenvalue weighted by Gasteiger charge is 2.12. The first kappa shape index (κ1) is 14.2. The van der Waals surface area contributed by atoms with Crippen LogP contribution in [-0.2, 0) is 14.3 Å². The van der Waals surface area contributed by atoms with Crippen molar-refractivity contribution in [1.29, 1.82) is 0 Å². The lowest BCUT2D eigenvalue weighted by molar-refractivity contribution is -0.116. The summed E-state index contributed by atoms with van der Waals surface area (Å²) in [6.07, 6.45) is 0.992. The molecule has 0 aliphatic heterocycles. The second kappa shape index (κ2) is 7.45. The average molecular weight is 251 g/mol. The van der Waals surface area contributed by atoms with Crippen LogP contribution < -0.4 is 5.32 Å². The van der Waals surface area contributed by atoms with E-state index in [1.807, 2.05) is 0 Å². The molecule has 0 aliphatic carbocycles. The maximum atomic E-state index is 11.6. The van der Waals surface area contributed by atoms with Crippen molar-refractivity contribution in [2.45, 2.75) is 12.8 Å². The van der Waals surface area contributed by atoms with Crippen LogP contribution in [0.1, 0.15) is 23.2 Å². The molecule has 0 saturated heterocycles. The molecule has 5 nitrogen and oxygen atoms in total. The molecule has 1 aromatic carbocycles. The second-order valence-electron chi connectivity index (χ2n) is 3.68. The van der Waals surface area contributed by atoms with E-state index in [1.165, 1.54) is 7.11 Å². The van der Waals surface area contributed by atoms with Crippen molar-refractivity contribution in [3.05, 3.63) is 29.8 Å². The molecule has 1 rings (SSSR count). The molecule has 0 aromatic heterocycles. The summed E-state index contributed by atoms with van der Waals surface area (Å²) >= 11 is 0. The van der Waals surface area contributed by atoms with Crippen LogP contribution in [0.15, 0.2) is 24.3 Å². The quantitative estimate of drug-likeness (QED) is 0.619. The van der Waals surface area contributed by atoms with Gasteiger partial charge in [0, 0.05) is 20.1 Å². The van der Waals surface area contributed by atoms with E-state index in [1.54, 1.807) is 31.4 Å². The fourth-order valence-electron chi connectivity index (χ4n) is 1.47. The van der Waals surface area contributed by atoms with Crippen molar-refractivity contribution >= 4 is 17.6 Å². The third-order valence-corrected chi connectivity index (χ3v) is 2.36. The van der Waals surface area contributed by atoms with Gasteiger partial charge in [0.25, 0.3) is 0 Å². The number of carbonyl (C=O) groups is 2. The van der Waals surface area contributed by atoms with Gasteiger partial charge in [0.1, 0.15) is 0 Å². The Hall–Kier alpha value is -1.88. The van der Waals surface area contributed by atoms with Gasteiger partial charge in [-0.15, -0.1) is 0 Å². The zero-order valence-corrected chi connectivity index (χ0v) is 10.6. The molecule has 0 saturated carbocycles. The minimum atomic E-state index is -0.470. The summed E-state index contributed by atoms with van der Waals surface area (Å²) in [6, 6.07) is 6.74. The zero-order valence-electron chi connectivity index (χ0n) is 10.6. The van der Waals surface area contributed by atoms with Crippen LogP contribution >= 0.6 is 0 Å². The van der Waals surface area contributed by atoms with Gasteiger partial charge in [0.05, 0.1) is 18.4 Å². The fraction of sp³-hybridized carbons (Fsp3) is 0.385. The molecule has 5 heteroatoms. The molecule has 0 fully saturated rings. The van der Waals surface area contributed by atoms with Crippen molar-refractivity contribution in [2.75, 3.05) is 26.1 Å². The van der Waals surface area contributed by atoms with Gasteiger partial charge in [-0.2, -0.15) is 0 Å². The number of nitrogens with one attached hydrogen (secondary N) is 1. The van der Waals surface area contributed by atoms with Gasteiger partial charge in [-0.1, -0.05) is 12.1 Å². The molecule has 1 N–H and O–H groups in total. The van der Waals surface area contributed by atoms with E-state index in [4.69, 9.17) is 4.74 Å². The van der Waals surface area contributed by atoms with E-state index in [0.717, 1.165) is 0 Å². The van der Waals surface area contributed by atoms with Crippen molar-refractivity contribution in [3.8, 4) is 0 Å². The predicted molar refractivity (Wildman–Crippen MR) is 67.5 cm³/mol. The topological polar surface area (TPSA) is 64.6 Å². The standard InChI is InChI=1S/C13H17NO4/c1-17-9-5-8-12(15)14-11-7-4-3-6-10(11)13(16)18-2/h3-4,6-7H,5,8-9H2,1-2H3,(H,14,15). The van der Waals surface area contributed by atoms with Crippen LogP contribution in [0.3, 0.4) is 0 Å². The molecule has 0 atom stereocenters. The Morgan fingerprint density at radius 3 is 2.61 bits per heavy atom. The predicted octanol–water partition coefficient (Wildman–Crippen LogP) is 1.84. The number of rotatable bonds is 6. The minimum Gasteiger partial charge on any atom is -0.465 e. The number of benzene rings is 1. The number of carbonyl (C=O) groups excluding carboxylic acids is 2. The fourth-order valence-corrected chi connectivity index (χ4v) is 1.47. The minimum absolute atomic E-state index is 0.150. The summed E-state index contributed by atoms with van der Waals surface area (Å²) in [4.78, 5) is 23.1.